The van der Waals surface area contributed by atoms with Gasteiger partial charge in [-0.25, -0.2) is 0 Å². The van der Waals surface area contributed by atoms with E-state index < -0.39 is 0 Å². The third-order valence-electron chi connectivity index (χ3n) is 2.71. The van der Waals surface area contributed by atoms with E-state index in [0.29, 0.717) is 0 Å². The van der Waals surface area contributed by atoms with Crippen molar-refractivity contribution in [2.45, 2.75) is 31.8 Å². The summed E-state index contributed by atoms with van der Waals surface area (Å²) in [7, 11) is 0. The molecule has 1 heteroatoms. The summed E-state index contributed by atoms with van der Waals surface area (Å²) in [5.74, 6) is 6.42. The molecule has 1 saturated heterocycles. The van der Waals surface area contributed by atoms with Crippen LogP contribution in [-0.2, 0) is 4.74 Å². The quantitative estimate of drug-likeness (QED) is 0.585. The van der Waals surface area contributed by atoms with E-state index in [0.717, 1.165) is 18.6 Å². The average Bonchev–Trinajstić information content (AvgIpc) is 2.29. The van der Waals surface area contributed by atoms with Crippen LogP contribution in [0.15, 0.2) is 30.3 Å². The number of hydrogen-bond acceptors (Lipinski definition) is 1. The molecule has 1 aliphatic rings. The molecule has 1 heterocycles. The molecule has 1 aliphatic heterocycles. The highest BCUT2D eigenvalue weighted by Crippen LogP contribution is 2.23. The maximum absolute atomic E-state index is 5.71. The van der Waals surface area contributed by atoms with E-state index in [2.05, 4.69) is 18.8 Å². The van der Waals surface area contributed by atoms with Gasteiger partial charge in [0, 0.05) is 12.2 Å². The third kappa shape index (κ3) is 2.84. The molecule has 0 N–H and O–H groups in total. The molecule has 1 nitrogen and oxygen atoms in total. The van der Waals surface area contributed by atoms with Crippen molar-refractivity contribution in [2.75, 3.05) is 6.61 Å². The van der Waals surface area contributed by atoms with Gasteiger partial charge in [0.25, 0.3) is 0 Å². The molecule has 0 saturated carbocycles. The standard InChI is InChI=1S/C14H16O/c1-14(10-5-6-12-15-14)11-9-13-7-3-2-4-8-13/h2-4,7-8H,5-6,10,12H2,1H3. The van der Waals surface area contributed by atoms with Crippen LogP contribution in [0.2, 0.25) is 0 Å². The second kappa shape index (κ2) is 4.51. The second-order valence-corrected chi connectivity index (χ2v) is 4.15. The molecule has 0 radical (unpaired) electrons. The summed E-state index contributed by atoms with van der Waals surface area (Å²) in [5.41, 5.74) is 0.835. The molecular formula is C14H16O. The predicted octanol–water partition coefficient (Wildman–Crippen LogP) is 3.00. The fourth-order valence-corrected chi connectivity index (χ4v) is 1.76. The van der Waals surface area contributed by atoms with Gasteiger partial charge in [-0.05, 0) is 38.3 Å². The zero-order valence-corrected chi connectivity index (χ0v) is 9.12. The molecule has 1 fully saturated rings. The minimum absolute atomic E-state index is 0.228. The Kier molecular flexibility index (Phi) is 3.08. The number of rotatable bonds is 0. The molecule has 2 rings (SSSR count). The van der Waals surface area contributed by atoms with Crippen LogP contribution in [0, 0.1) is 11.8 Å². The summed E-state index contributed by atoms with van der Waals surface area (Å²) in [6, 6.07) is 10.1. The molecule has 1 atom stereocenters. The predicted molar refractivity (Wildman–Crippen MR) is 61.5 cm³/mol. The van der Waals surface area contributed by atoms with E-state index in [1.165, 1.54) is 12.8 Å². The van der Waals surface area contributed by atoms with Gasteiger partial charge in [-0.3, -0.25) is 0 Å². The SMILES string of the molecule is CC1(C#Cc2ccccc2)CCCCO1. The minimum Gasteiger partial charge on any atom is -0.363 e. The van der Waals surface area contributed by atoms with Crippen molar-refractivity contribution >= 4 is 0 Å². The van der Waals surface area contributed by atoms with Crippen LogP contribution in [0.25, 0.3) is 0 Å². The lowest BCUT2D eigenvalue weighted by Gasteiger charge is -2.28. The van der Waals surface area contributed by atoms with Crippen molar-refractivity contribution in [3.63, 3.8) is 0 Å². The monoisotopic (exact) mass is 200 g/mol. The minimum atomic E-state index is -0.228. The first-order valence-electron chi connectivity index (χ1n) is 5.51. The lowest BCUT2D eigenvalue weighted by atomic mass is 9.96. The normalized spacial score (nSPS) is 25.4. The topological polar surface area (TPSA) is 9.23 Å². The molecule has 0 amide bonds. The lowest BCUT2D eigenvalue weighted by Crippen LogP contribution is -2.30. The molecule has 1 aromatic rings. The molecule has 1 unspecified atom stereocenters. The van der Waals surface area contributed by atoms with Crippen LogP contribution < -0.4 is 0 Å². The van der Waals surface area contributed by atoms with Crippen LogP contribution in [-0.4, -0.2) is 12.2 Å². The van der Waals surface area contributed by atoms with Crippen molar-refractivity contribution in [3.05, 3.63) is 35.9 Å². The summed E-state index contributed by atoms with van der Waals surface area (Å²) in [5, 5.41) is 0. The average molecular weight is 200 g/mol. The van der Waals surface area contributed by atoms with Crippen molar-refractivity contribution in [1.82, 2.24) is 0 Å². The highest BCUT2D eigenvalue weighted by molar-refractivity contribution is 5.35. The summed E-state index contributed by atoms with van der Waals surface area (Å²) in [6.45, 7) is 2.93. The van der Waals surface area contributed by atoms with Gasteiger partial charge >= 0.3 is 0 Å². The van der Waals surface area contributed by atoms with Gasteiger partial charge < -0.3 is 4.74 Å². The first-order chi connectivity index (χ1) is 7.29. The van der Waals surface area contributed by atoms with Crippen molar-refractivity contribution in [2.24, 2.45) is 0 Å². The van der Waals surface area contributed by atoms with Gasteiger partial charge in [0.1, 0.15) is 5.60 Å². The van der Waals surface area contributed by atoms with Crippen molar-refractivity contribution < 1.29 is 4.74 Å². The molecule has 78 valence electrons. The Balaban J connectivity index is 2.10. The molecule has 0 aromatic heterocycles. The summed E-state index contributed by atoms with van der Waals surface area (Å²) in [6.07, 6.45) is 3.44. The Bertz CT molecular complexity index is 363. The van der Waals surface area contributed by atoms with Gasteiger partial charge in [-0.15, -0.1) is 0 Å². The van der Waals surface area contributed by atoms with Gasteiger partial charge in [0.15, 0.2) is 0 Å². The van der Waals surface area contributed by atoms with Crippen molar-refractivity contribution in [1.29, 1.82) is 0 Å². The van der Waals surface area contributed by atoms with Gasteiger partial charge in [0.05, 0.1) is 0 Å². The Morgan fingerprint density at radius 1 is 1.20 bits per heavy atom. The molecule has 15 heavy (non-hydrogen) atoms. The van der Waals surface area contributed by atoms with Crippen LogP contribution in [0.1, 0.15) is 31.7 Å². The van der Waals surface area contributed by atoms with Gasteiger partial charge in [0.2, 0.25) is 0 Å². The van der Waals surface area contributed by atoms with E-state index >= 15 is 0 Å². The molecule has 0 bridgehead atoms. The molecule has 0 aliphatic carbocycles. The summed E-state index contributed by atoms with van der Waals surface area (Å²) < 4.78 is 5.71. The van der Waals surface area contributed by atoms with Gasteiger partial charge in [-0.2, -0.15) is 0 Å². The fraction of sp³-hybridized carbons (Fsp3) is 0.429. The Morgan fingerprint density at radius 2 is 2.00 bits per heavy atom. The van der Waals surface area contributed by atoms with Crippen molar-refractivity contribution in [3.8, 4) is 11.8 Å². The fourth-order valence-electron chi connectivity index (χ4n) is 1.76. The zero-order chi connectivity index (χ0) is 10.6. The maximum Gasteiger partial charge on any atom is 0.126 e. The maximum atomic E-state index is 5.71. The number of ether oxygens (including phenoxy) is 1. The summed E-state index contributed by atoms with van der Waals surface area (Å²) in [4.78, 5) is 0. The lowest BCUT2D eigenvalue weighted by molar-refractivity contribution is -0.0225. The second-order valence-electron chi connectivity index (χ2n) is 4.15. The van der Waals surface area contributed by atoms with E-state index in [1.807, 2.05) is 30.3 Å². The summed E-state index contributed by atoms with van der Waals surface area (Å²) >= 11 is 0. The highest BCUT2D eigenvalue weighted by atomic mass is 16.5. The van der Waals surface area contributed by atoms with E-state index in [4.69, 9.17) is 4.74 Å². The van der Waals surface area contributed by atoms with Crippen LogP contribution in [0.4, 0.5) is 0 Å². The molecule has 0 spiro atoms. The Hall–Kier alpha value is -1.26. The number of hydrogen-bond donors (Lipinski definition) is 0. The van der Waals surface area contributed by atoms with Crippen LogP contribution in [0.5, 0.6) is 0 Å². The highest BCUT2D eigenvalue weighted by Gasteiger charge is 2.24. The zero-order valence-electron chi connectivity index (χ0n) is 9.12. The van der Waals surface area contributed by atoms with Crippen LogP contribution in [0.3, 0.4) is 0 Å². The van der Waals surface area contributed by atoms with E-state index in [-0.39, 0.29) is 5.60 Å². The first-order valence-corrected chi connectivity index (χ1v) is 5.51. The third-order valence-corrected chi connectivity index (χ3v) is 2.71. The largest absolute Gasteiger partial charge is 0.363 e. The smallest absolute Gasteiger partial charge is 0.126 e. The Morgan fingerprint density at radius 3 is 2.67 bits per heavy atom. The van der Waals surface area contributed by atoms with Gasteiger partial charge in [-0.1, -0.05) is 30.0 Å². The Labute approximate surface area is 91.5 Å². The molecule has 1 aromatic carbocycles. The number of benzene rings is 1. The van der Waals surface area contributed by atoms with E-state index in [9.17, 15) is 0 Å². The molecular weight excluding hydrogens is 184 g/mol. The van der Waals surface area contributed by atoms with Crippen LogP contribution >= 0.6 is 0 Å². The van der Waals surface area contributed by atoms with E-state index in [1.54, 1.807) is 0 Å². The first kappa shape index (κ1) is 10.3.